The fourth-order valence-corrected chi connectivity index (χ4v) is 3.23. The van der Waals surface area contributed by atoms with E-state index in [4.69, 9.17) is 25.5 Å². The predicted molar refractivity (Wildman–Crippen MR) is 107 cm³/mol. The van der Waals surface area contributed by atoms with Crippen LogP contribution in [0.4, 0.5) is 4.79 Å². The number of carbonyl (C=O) groups is 4. The second-order valence-electron chi connectivity index (χ2n) is 6.49. The van der Waals surface area contributed by atoms with Crippen LogP contribution in [0, 0.1) is 0 Å². The predicted octanol–water partition coefficient (Wildman–Crippen LogP) is 3.55. The highest BCUT2D eigenvalue weighted by atomic mass is 35.5. The monoisotopic (exact) mass is 440 g/mol. The molecule has 1 fully saturated rings. The van der Waals surface area contributed by atoms with E-state index in [1.54, 1.807) is 18.2 Å². The third-order valence-corrected chi connectivity index (χ3v) is 4.79. The van der Waals surface area contributed by atoms with Gasteiger partial charge >= 0.3 is 12.0 Å². The molecular weight excluding hydrogens is 428 g/mol. The lowest BCUT2D eigenvalue weighted by Crippen LogP contribution is -2.53. The lowest BCUT2D eigenvalue weighted by Gasteiger charge is -2.25. The number of carboxylic acid groups (broad SMARTS) is 1. The summed E-state index contributed by atoms with van der Waals surface area (Å²) >= 11 is 5.99. The zero-order valence-corrected chi connectivity index (χ0v) is 16.4. The van der Waals surface area contributed by atoms with Crippen LogP contribution in [0.25, 0.3) is 17.4 Å². The fraction of sp³-hybridized carbons (Fsp3) is 0.0476. The van der Waals surface area contributed by atoms with Gasteiger partial charge in [0.25, 0.3) is 11.8 Å². The highest BCUT2D eigenvalue weighted by Gasteiger charge is 2.36. The van der Waals surface area contributed by atoms with Crippen LogP contribution in [0.2, 0.25) is 5.02 Å². The smallest absolute Gasteiger partial charge is 0.337 e. The van der Waals surface area contributed by atoms with Gasteiger partial charge in [-0.15, -0.1) is 0 Å². The van der Waals surface area contributed by atoms with Gasteiger partial charge in [-0.3, -0.25) is 19.8 Å². The van der Waals surface area contributed by atoms with Crippen molar-refractivity contribution in [2.45, 2.75) is 6.54 Å². The summed E-state index contributed by atoms with van der Waals surface area (Å²) in [5, 5.41) is 11.2. The Morgan fingerprint density at radius 1 is 1.16 bits per heavy atom. The molecule has 4 rings (SSSR count). The molecule has 3 aromatic rings. The van der Waals surface area contributed by atoms with Crippen LogP contribution in [0.3, 0.4) is 0 Å². The summed E-state index contributed by atoms with van der Waals surface area (Å²) in [6, 6.07) is 9.76. The molecule has 1 aliphatic rings. The molecule has 1 aliphatic heterocycles. The summed E-state index contributed by atoms with van der Waals surface area (Å²) in [6.07, 6.45) is 2.62. The maximum Gasteiger partial charge on any atom is 0.337 e. The van der Waals surface area contributed by atoms with E-state index >= 15 is 0 Å². The van der Waals surface area contributed by atoms with Crippen LogP contribution in [0.1, 0.15) is 21.9 Å². The van der Waals surface area contributed by atoms with Gasteiger partial charge in [0, 0.05) is 5.56 Å². The van der Waals surface area contributed by atoms with Crippen molar-refractivity contribution in [3.63, 3.8) is 0 Å². The summed E-state index contributed by atoms with van der Waals surface area (Å²) < 4.78 is 10.8. The van der Waals surface area contributed by atoms with Crippen molar-refractivity contribution in [3.05, 3.63) is 76.4 Å². The zero-order chi connectivity index (χ0) is 22.1. The van der Waals surface area contributed by atoms with Gasteiger partial charge in [0.2, 0.25) is 0 Å². The highest BCUT2D eigenvalue weighted by molar-refractivity contribution is 6.33. The number of aromatic carboxylic acids is 1. The lowest BCUT2D eigenvalue weighted by molar-refractivity contribution is -0.130. The number of carboxylic acids is 1. The van der Waals surface area contributed by atoms with E-state index in [-0.39, 0.29) is 28.5 Å². The first-order valence-electron chi connectivity index (χ1n) is 8.88. The summed E-state index contributed by atoms with van der Waals surface area (Å²) in [5.74, 6) is -1.90. The normalized spacial score (nSPS) is 15.5. The van der Waals surface area contributed by atoms with Gasteiger partial charge in [0.15, 0.2) is 0 Å². The molecule has 156 valence electrons. The van der Waals surface area contributed by atoms with Gasteiger partial charge in [-0.05, 0) is 42.5 Å². The number of hydrogen-bond donors (Lipinski definition) is 2. The second kappa shape index (κ2) is 7.96. The second-order valence-corrected chi connectivity index (χ2v) is 6.90. The van der Waals surface area contributed by atoms with Crippen molar-refractivity contribution in [1.82, 2.24) is 10.2 Å². The number of furan rings is 2. The van der Waals surface area contributed by atoms with Crippen molar-refractivity contribution in [2.24, 2.45) is 0 Å². The minimum Gasteiger partial charge on any atom is -0.478 e. The van der Waals surface area contributed by atoms with E-state index in [1.165, 1.54) is 36.6 Å². The maximum atomic E-state index is 12.7. The number of carbonyl (C=O) groups excluding carboxylic acids is 3. The van der Waals surface area contributed by atoms with E-state index in [0.717, 1.165) is 4.90 Å². The zero-order valence-electron chi connectivity index (χ0n) is 15.6. The number of amides is 4. The van der Waals surface area contributed by atoms with Crippen molar-refractivity contribution in [1.29, 1.82) is 0 Å². The minimum absolute atomic E-state index is 0.0372. The SMILES string of the molecule is O=C1NC(=O)N(Cc2ccco2)C(=O)/C1=C/c1ccc(-c2ccc(C(=O)O)c(Cl)c2)o1. The van der Waals surface area contributed by atoms with E-state index < -0.39 is 23.8 Å². The van der Waals surface area contributed by atoms with Crippen molar-refractivity contribution < 1.29 is 33.1 Å². The van der Waals surface area contributed by atoms with Crippen LogP contribution >= 0.6 is 11.6 Å². The first-order chi connectivity index (χ1) is 14.8. The molecule has 0 spiro atoms. The van der Waals surface area contributed by atoms with E-state index in [0.29, 0.717) is 17.1 Å². The third-order valence-electron chi connectivity index (χ3n) is 4.48. The van der Waals surface area contributed by atoms with Gasteiger partial charge in [0.05, 0.1) is 23.4 Å². The highest BCUT2D eigenvalue weighted by Crippen LogP contribution is 2.28. The number of halogens is 1. The Morgan fingerprint density at radius 3 is 2.65 bits per heavy atom. The quantitative estimate of drug-likeness (QED) is 0.458. The van der Waals surface area contributed by atoms with Gasteiger partial charge in [-0.25, -0.2) is 9.59 Å². The van der Waals surface area contributed by atoms with Crippen molar-refractivity contribution in [2.75, 3.05) is 0 Å². The largest absolute Gasteiger partial charge is 0.478 e. The lowest BCUT2D eigenvalue weighted by atomic mass is 10.1. The number of nitrogens with one attached hydrogen (secondary N) is 1. The number of urea groups is 1. The molecule has 1 saturated heterocycles. The molecule has 2 N–H and O–H groups in total. The van der Waals surface area contributed by atoms with Gasteiger partial charge in [-0.2, -0.15) is 0 Å². The summed E-state index contributed by atoms with van der Waals surface area (Å²) in [5.41, 5.74) is 0.171. The Morgan fingerprint density at radius 2 is 1.97 bits per heavy atom. The van der Waals surface area contributed by atoms with Crippen LogP contribution in [0.15, 0.2) is 63.1 Å². The average Bonchev–Trinajstić information content (AvgIpc) is 3.40. The van der Waals surface area contributed by atoms with Gasteiger partial charge < -0.3 is 13.9 Å². The Hall–Kier alpha value is -4.11. The first-order valence-corrected chi connectivity index (χ1v) is 9.25. The molecule has 0 radical (unpaired) electrons. The molecule has 0 bridgehead atoms. The standard InChI is InChI=1S/C21H13ClN2O7/c22-16-8-11(3-5-14(16)20(27)28)17-6-4-12(31-17)9-15-18(25)23-21(29)24(19(15)26)10-13-2-1-7-30-13/h1-9H,10H2,(H,27,28)(H,23,25,29)/b15-9+. The molecule has 31 heavy (non-hydrogen) atoms. The molecule has 4 amide bonds. The van der Waals surface area contributed by atoms with Crippen molar-refractivity contribution >= 4 is 41.5 Å². The Bertz CT molecular complexity index is 1240. The van der Waals surface area contributed by atoms with Crippen LogP contribution < -0.4 is 5.32 Å². The average molecular weight is 441 g/mol. The first kappa shape index (κ1) is 20.2. The molecule has 9 nitrogen and oxygen atoms in total. The molecule has 0 unspecified atom stereocenters. The number of nitrogens with zero attached hydrogens (tertiary/aromatic N) is 1. The van der Waals surface area contributed by atoms with E-state index in [9.17, 15) is 19.2 Å². The number of benzene rings is 1. The number of rotatable bonds is 5. The Labute approximate surface area is 179 Å². The Kier molecular flexibility index (Phi) is 5.18. The van der Waals surface area contributed by atoms with Gasteiger partial charge in [0.1, 0.15) is 22.9 Å². The molecular formula is C21H13ClN2O7. The summed E-state index contributed by atoms with van der Waals surface area (Å²) in [4.78, 5) is 48.9. The number of imide groups is 2. The molecule has 1 aromatic carbocycles. The topological polar surface area (TPSA) is 130 Å². The van der Waals surface area contributed by atoms with E-state index in [1.807, 2.05) is 0 Å². The molecule has 0 saturated carbocycles. The van der Waals surface area contributed by atoms with Gasteiger partial charge in [-0.1, -0.05) is 17.7 Å². The van der Waals surface area contributed by atoms with Crippen LogP contribution in [0.5, 0.6) is 0 Å². The third kappa shape index (κ3) is 3.99. The fourth-order valence-electron chi connectivity index (χ4n) is 2.97. The Balaban J connectivity index is 1.61. The molecule has 2 aromatic heterocycles. The number of barbiturate groups is 1. The van der Waals surface area contributed by atoms with Crippen LogP contribution in [-0.2, 0) is 16.1 Å². The van der Waals surface area contributed by atoms with Crippen molar-refractivity contribution in [3.8, 4) is 11.3 Å². The maximum absolute atomic E-state index is 12.7. The molecule has 10 heteroatoms. The molecule has 0 aliphatic carbocycles. The van der Waals surface area contributed by atoms with Crippen LogP contribution in [-0.4, -0.2) is 33.8 Å². The minimum atomic E-state index is -1.16. The van der Waals surface area contributed by atoms with E-state index in [2.05, 4.69) is 5.32 Å². The number of hydrogen-bond acceptors (Lipinski definition) is 6. The summed E-state index contributed by atoms with van der Waals surface area (Å²) in [7, 11) is 0. The molecule has 0 atom stereocenters. The summed E-state index contributed by atoms with van der Waals surface area (Å²) in [6.45, 7) is -0.139. The molecule has 3 heterocycles.